The van der Waals surface area contributed by atoms with Crippen molar-refractivity contribution in [2.75, 3.05) is 0 Å². The zero-order valence-corrected chi connectivity index (χ0v) is 8.47. The fraction of sp³-hybridized carbons (Fsp3) is 0. The van der Waals surface area contributed by atoms with Crippen molar-refractivity contribution in [3.8, 4) is 0 Å². The molecule has 0 aliphatic rings. The molecule has 16 heavy (non-hydrogen) atoms. The molecular weight excluding hydrogens is 242 g/mol. The van der Waals surface area contributed by atoms with Crippen LogP contribution in [0.2, 0.25) is 0 Å². The van der Waals surface area contributed by atoms with Crippen molar-refractivity contribution in [2.24, 2.45) is 0 Å². The second kappa shape index (κ2) is 5.01. The van der Waals surface area contributed by atoms with E-state index in [9.17, 15) is 4.79 Å². The van der Waals surface area contributed by atoms with Crippen molar-refractivity contribution < 1.29 is 38.6 Å². The van der Waals surface area contributed by atoms with E-state index in [4.69, 9.17) is 23.2 Å². The molecule has 0 radical (unpaired) electrons. The molecule has 2 rings (SSSR count). The minimum atomic E-state index is -4.94. The third-order valence-electron chi connectivity index (χ3n) is 1.51. The molecule has 0 aliphatic carbocycles. The molecule has 1 N–H and O–H groups in total. The minimum Gasteiger partial charge on any atom is -0.282 e. The monoisotopic (exact) mass is 247 g/mol. The molecule has 0 amide bonds. The van der Waals surface area contributed by atoms with Crippen LogP contribution in [0.5, 0.6) is 0 Å². The lowest BCUT2D eigenvalue weighted by atomic mass is 10.2. The van der Waals surface area contributed by atoms with Crippen molar-refractivity contribution in [3.05, 3.63) is 40.7 Å². The molecule has 1 aromatic carbocycles. The largest absolute Gasteiger partial charge is 0.282 e. The van der Waals surface area contributed by atoms with E-state index in [2.05, 4.69) is 5.16 Å². The van der Waals surface area contributed by atoms with Gasteiger partial charge >= 0.3 is 0 Å². The summed E-state index contributed by atoms with van der Waals surface area (Å²) in [5.74, 6) is 0. The van der Waals surface area contributed by atoms with E-state index in [0.29, 0.717) is 11.0 Å². The fourth-order valence-electron chi connectivity index (χ4n) is 0.983. The maximum atomic E-state index is 11.1. The average Bonchev–Trinajstić information content (AvgIpc) is 2.16. The molecule has 1 heterocycles. The molecule has 7 nitrogen and oxygen atoms in total. The van der Waals surface area contributed by atoms with Crippen LogP contribution in [0.1, 0.15) is 0 Å². The number of aromatic nitrogens is 1. The maximum absolute atomic E-state index is 11.1. The maximum Gasteiger partial charge on any atom is 0.261 e. The molecule has 8 heteroatoms. The van der Waals surface area contributed by atoms with Crippen molar-refractivity contribution in [2.45, 2.75) is 0 Å². The van der Waals surface area contributed by atoms with Crippen LogP contribution in [0.25, 0.3) is 11.0 Å². The van der Waals surface area contributed by atoms with Gasteiger partial charge in [0, 0.05) is 0 Å². The Hall–Kier alpha value is -1.51. The first-order valence-electron chi connectivity index (χ1n) is 3.88. The summed E-state index contributed by atoms with van der Waals surface area (Å²) >= 11 is 0. The van der Waals surface area contributed by atoms with Crippen LogP contribution in [0, 0.1) is 10.2 Å². The van der Waals surface area contributed by atoms with Crippen LogP contribution in [-0.4, -0.2) is 0 Å². The Morgan fingerprint density at radius 2 is 1.69 bits per heavy atom. The van der Waals surface area contributed by atoms with Crippen molar-refractivity contribution >= 4 is 11.0 Å². The number of aromatic amines is 1. The van der Waals surface area contributed by atoms with Crippen LogP contribution in [0.15, 0.2) is 39.8 Å². The van der Waals surface area contributed by atoms with Crippen LogP contribution in [-0.2, 0) is 0 Å². The lowest BCUT2D eigenvalue weighted by Crippen LogP contribution is -2.68. The van der Waals surface area contributed by atoms with E-state index in [1.165, 1.54) is 6.20 Å². The minimum absolute atomic E-state index is 0.0492. The fourth-order valence-corrected chi connectivity index (χ4v) is 0.983. The highest BCUT2D eigenvalue weighted by molar-refractivity contribution is 5.74. The van der Waals surface area contributed by atoms with E-state index in [1.54, 1.807) is 18.2 Å². The second-order valence-corrected chi connectivity index (χ2v) is 3.36. The topological polar surface area (TPSA) is 137 Å². The molecule has 2 aromatic rings. The van der Waals surface area contributed by atoms with E-state index >= 15 is 0 Å². The summed E-state index contributed by atoms with van der Waals surface area (Å²) in [6.07, 6.45) is 1.29. The Morgan fingerprint density at radius 1 is 1.12 bits per heavy atom. The number of hydrogen-bond acceptors (Lipinski definition) is 6. The number of nitrogens with one attached hydrogen (secondary N) is 1. The SMILES string of the molecule is O=c1c[nH+]oc2ccccc12.[O-][Cl+3]([O-])([O-])[O-]. The van der Waals surface area contributed by atoms with Crippen molar-refractivity contribution in [1.29, 1.82) is 0 Å². The van der Waals surface area contributed by atoms with E-state index in [0.717, 1.165) is 0 Å². The predicted octanol–water partition coefficient (Wildman–Crippen LogP) is -4.15. The highest BCUT2D eigenvalue weighted by Crippen LogP contribution is 2.03. The Kier molecular flexibility index (Phi) is 3.93. The van der Waals surface area contributed by atoms with Gasteiger partial charge in [0.1, 0.15) is 0 Å². The van der Waals surface area contributed by atoms with E-state index in [-0.39, 0.29) is 5.43 Å². The Balaban J connectivity index is 0.000000221. The van der Waals surface area contributed by atoms with Gasteiger partial charge in [-0.3, -0.25) is 4.79 Å². The molecule has 0 aliphatic heterocycles. The molecule has 0 saturated heterocycles. The van der Waals surface area contributed by atoms with Crippen LogP contribution >= 0.6 is 0 Å². The summed E-state index contributed by atoms with van der Waals surface area (Å²) in [6, 6.07) is 7.10. The summed E-state index contributed by atoms with van der Waals surface area (Å²) in [4.78, 5) is 11.1. The van der Waals surface area contributed by atoms with Gasteiger partial charge in [-0.15, -0.1) is 10.2 Å². The van der Waals surface area contributed by atoms with Gasteiger partial charge in [0.25, 0.3) is 11.6 Å². The third kappa shape index (κ3) is 4.34. The standard InChI is InChI=1S/C8H5NO2.ClHO4/c10-7-5-9-11-8-4-2-1-3-6(7)8;2-1(3,4)5/h1-5H;(H,2,3,4,5). The number of fused-ring (bicyclic) bond motifs is 1. The van der Waals surface area contributed by atoms with Gasteiger partial charge in [-0.1, -0.05) is 12.1 Å². The zero-order chi connectivity index (χ0) is 12.2. The smallest absolute Gasteiger partial charge is 0.261 e. The van der Waals surface area contributed by atoms with E-state index < -0.39 is 10.2 Å². The van der Waals surface area contributed by atoms with Crippen LogP contribution in [0.4, 0.5) is 0 Å². The Labute approximate surface area is 90.9 Å². The predicted molar refractivity (Wildman–Crippen MR) is 39.0 cm³/mol. The molecule has 0 saturated carbocycles. The first-order valence-corrected chi connectivity index (χ1v) is 5.12. The molecule has 1 aromatic heterocycles. The van der Waals surface area contributed by atoms with Gasteiger partial charge in [0.05, 0.1) is 5.39 Å². The number of para-hydroxylation sites is 1. The number of halogens is 1. The summed E-state index contributed by atoms with van der Waals surface area (Å²) in [5.41, 5.74) is 0.534. The average molecular weight is 248 g/mol. The molecule has 0 unspecified atom stereocenters. The lowest BCUT2D eigenvalue weighted by molar-refractivity contribution is -2.00. The van der Waals surface area contributed by atoms with Gasteiger partial charge < -0.3 is 0 Å². The lowest BCUT2D eigenvalue weighted by Gasteiger charge is -2.17. The second-order valence-electron chi connectivity index (χ2n) is 2.60. The van der Waals surface area contributed by atoms with Gasteiger partial charge in [-0.2, -0.15) is 0 Å². The quantitative estimate of drug-likeness (QED) is 0.463. The summed E-state index contributed by atoms with van der Waals surface area (Å²) in [7, 11) is -4.94. The molecular formula is C8H6ClNO6. The number of rotatable bonds is 0. The highest BCUT2D eigenvalue weighted by Gasteiger charge is 2.00. The molecule has 0 fully saturated rings. The third-order valence-corrected chi connectivity index (χ3v) is 1.51. The number of H-pyrrole nitrogens is 1. The van der Waals surface area contributed by atoms with Crippen LogP contribution in [0.3, 0.4) is 0 Å². The Morgan fingerprint density at radius 3 is 2.25 bits per heavy atom. The molecule has 0 spiro atoms. The van der Waals surface area contributed by atoms with Crippen molar-refractivity contribution in [1.82, 2.24) is 0 Å². The first kappa shape index (κ1) is 12.6. The van der Waals surface area contributed by atoms with Crippen LogP contribution < -0.4 is 29.2 Å². The zero-order valence-electron chi connectivity index (χ0n) is 7.71. The summed E-state index contributed by atoms with van der Waals surface area (Å²) < 4.78 is 38.9. The summed E-state index contributed by atoms with van der Waals surface area (Å²) in [5, 5.41) is 3.02. The van der Waals surface area contributed by atoms with Gasteiger partial charge in [0.2, 0.25) is 5.58 Å². The first-order chi connectivity index (χ1) is 7.38. The van der Waals surface area contributed by atoms with Crippen molar-refractivity contribution in [3.63, 3.8) is 0 Å². The van der Waals surface area contributed by atoms with Gasteiger partial charge in [-0.25, -0.2) is 23.2 Å². The molecule has 0 bridgehead atoms. The number of hydrogen-bond donors (Lipinski definition) is 0. The number of benzene rings is 1. The molecule has 0 atom stereocenters. The molecule has 86 valence electrons. The van der Waals surface area contributed by atoms with Gasteiger partial charge in [0.15, 0.2) is 0 Å². The van der Waals surface area contributed by atoms with Gasteiger partial charge in [-0.05, 0) is 17.3 Å². The highest BCUT2D eigenvalue weighted by atomic mass is 35.7. The Bertz CT molecular complexity index is 508. The van der Waals surface area contributed by atoms with E-state index in [1.807, 2.05) is 6.07 Å². The normalized spacial score (nSPS) is 10.8. The summed E-state index contributed by atoms with van der Waals surface area (Å²) in [6.45, 7) is 0.